The van der Waals surface area contributed by atoms with Crippen molar-refractivity contribution in [3.05, 3.63) is 29.3 Å². The van der Waals surface area contributed by atoms with Crippen LogP contribution in [-0.2, 0) is 6.42 Å². The minimum absolute atomic E-state index is 0.246. The van der Waals surface area contributed by atoms with Crippen LogP contribution in [-0.4, -0.2) is 32.6 Å². The molecule has 2 rings (SSSR count). The largest absolute Gasteiger partial charge is 0.330 e. The summed E-state index contributed by atoms with van der Waals surface area (Å²) >= 11 is 1.34. The lowest BCUT2D eigenvalue weighted by Crippen LogP contribution is -2.13. The Kier molecular flexibility index (Phi) is 4.26. The van der Waals surface area contributed by atoms with E-state index in [1.54, 1.807) is 0 Å². The molecule has 0 saturated carbocycles. The summed E-state index contributed by atoms with van der Waals surface area (Å²) in [6.45, 7) is 0.612. The minimum Gasteiger partial charge on any atom is -0.330 e. The van der Waals surface area contributed by atoms with Gasteiger partial charge in [0.15, 0.2) is 0 Å². The number of rotatable bonds is 5. The first-order valence-electron chi connectivity index (χ1n) is 5.39. The van der Waals surface area contributed by atoms with Crippen molar-refractivity contribution in [3.63, 3.8) is 0 Å². The average molecular weight is 264 g/mol. The van der Waals surface area contributed by atoms with Gasteiger partial charge in [0.1, 0.15) is 10.7 Å². The summed E-state index contributed by atoms with van der Waals surface area (Å²) in [5.74, 6) is -0.343. The van der Waals surface area contributed by atoms with E-state index < -0.39 is 0 Å². The first-order chi connectivity index (χ1) is 8.79. The van der Waals surface area contributed by atoms with Crippen LogP contribution in [0.2, 0.25) is 0 Å². The first-order valence-corrected chi connectivity index (χ1v) is 6.21. The molecule has 0 unspecified atom stereocenters. The highest BCUT2D eigenvalue weighted by Gasteiger charge is 2.10. The topological polar surface area (TPSA) is 107 Å². The lowest BCUT2D eigenvalue weighted by molar-refractivity contribution is 0.102. The van der Waals surface area contributed by atoms with Crippen LogP contribution in [0.15, 0.2) is 18.6 Å². The van der Waals surface area contributed by atoms with Gasteiger partial charge in [0.2, 0.25) is 5.13 Å². The molecule has 0 bridgehead atoms. The van der Waals surface area contributed by atoms with E-state index in [9.17, 15) is 4.79 Å². The van der Waals surface area contributed by atoms with Crippen molar-refractivity contribution in [2.75, 3.05) is 11.9 Å². The molecule has 3 N–H and O–H groups in total. The van der Waals surface area contributed by atoms with Gasteiger partial charge >= 0.3 is 0 Å². The molecule has 18 heavy (non-hydrogen) atoms. The standard InChI is InChI=1S/C10H12N6OS/c11-3-1-2-8-15-16-10(18-8)14-9(17)7-6-12-4-5-13-7/h4-6H,1-3,11H2,(H,14,16,17). The molecule has 8 heteroatoms. The van der Waals surface area contributed by atoms with Gasteiger partial charge in [-0.3, -0.25) is 15.1 Å². The highest BCUT2D eigenvalue weighted by Crippen LogP contribution is 2.16. The third-order valence-electron chi connectivity index (χ3n) is 2.08. The van der Waals surface area contributed by atoms with Gasteiger partial charge < -0.3 is 5.73 Å². The quantitative estimate of drug-likeness (QED) is 0.813. The number of hydrogen-bond donors (Lipinski definition) is 2. The number of aryl methyl sites for hydroxylation is 1. The minimum atomic E-state index is -0.343. The van der Waals surface area contributed by atoms with Crippen molar-refractivity contribution in [2.45, 2.75) is 12.8 Å². The average Bonchev–Trinajstić information content (AvgIpc) is 2.85. The fourth-order valence-corrected chi connectivity index (χ4v) is 2.01. The molecule has 0 aliphatic rings. The molecule has 0 radical (unpaired) electrons. The second-order valence-corrected chi connectivity index (χ2v) is 4.50. The van der Waals surface area contributed by atoms with Crippen molar-refractivity contribution >= 4 is 22.4 Å². The van der Waals surface area contributed by atoms with Gasteiger partial charge in [-0.1, -0.05) is 11.3 Å². The normalized spacial score (nSPS) is 10.3. The van der Waals surface area contributed by atoms with Gasteiger partial charge in [0.05, 0.1) is 6.20 Å². The van der Waals surface area contributed by atoms with E-state index in [4.69, 9.17) is 5.73 Å². The Balaban J connectivity index is 1.97. The SMILES string of the molecule is NCCCc1nnc(NC(=O)c2cnccn2)s1. The predicted molar refractivity (Wildman–Crippen MR) is 67.3 cm³/mol. The number of amides is 1. The Morgan fingerprint density at radius 3 is 3.00 bits per heavy atom. The molecule has 0 aromatic carbocycles. The van der Waals surface area contributed by atoms with E-state index in [1.807, 2.05) is 0 Å². The highest BCUT2D eigenvalue weighted by atomic mass is 32.1. The van der Waals surface area contributed by atoms with Crippen LogP contribution in [0.1, 0.15) is 21.9 Å². The van der Waals surface area contributed by atoms with Crippen molar-refractivity contribution in [3.8, 4) is 0 Å². The zero-order valence-corrected chi connectivity index (χ0v) is 10.4. The molecular formula is C10H12N6OS. The van der Waals surface area contributed by atoms with E-state index in [1.165, 1.54) is 29.9 Å². The summed E-state index contributed by atoms with van der Waals surface area (Å²) in [7, 11) is 0. The van der Waals surface area contributed by atoms with Gasteiger partial charge in [0, 0.05) is 18.8 Å². The van der Waals surface area contributed by atoms with Crippen molar-refractivity contribution in [2.24, 2.45) is 5.73 Å². The third-order valence-corrected chi connectivity index (χ3v) is 2.98. The fraction of sp³-hybridized carbons (Fsp3) is 0.300. The maximum atomic E-state index is 11.7. The monoisotopic (exact) mass is 264 g/mol. The molecule has 0 aliphatic heterocycles. The number of hydrogen-bond acceptors (Lipinski definition) is 7. The van der Waals surface area contributed by atoms with Crippen molar-refractivity contribution in [1.82, 2.24) is 20.2 Å². The second-order valence-electron chi connectivity index (χ2n) is 3.44. The summed E-state index contributed by atoms with van der Waals surface area (Å²) in [6.07, 6.45) is 5.99. The Labute approximate surface area is 107 Å². The number of anilines is 1. The fourth-order valence-electron chi connectivity index (χ4n) is 1.24. The molecule has 0 spiro atoms. The van der Waals surface area contributed by atoms with E-state index in [2.05, 4.69) is 25.5 Å². The van der Waals surface area contributed by atoms with Gasteiger partial charge in [0.25, 0.3) is 5.91 Å². The Morgan fingerprint density at radius 2 is 2.28 bits per heavy atom. The van der Waals surface area contributed by atoms with Crippen LogP contribution in [0.25, 0.3) is 0 Å². The van der Waals surface area contributed by atoms with Crippen LogP contribution in [0.4, 0.5) is 5.13 Å². The number of nitrogens with zero attached hydrogens (tertiary/aromatic N) is 4. The molecule has 1 amide bonds. The molecular weight excluding hydrogens is 252 g/mol. The molecule has 94 valence electrons. The zero-order valence-electron chi connectivity index (χ0n) is 9.54. The molecule has 2 aromatic rings. The van der Waals surface area contributed by atoms with E-state index >= 15 is 0 Å². The lowest BCUT2D eigenvalue weighted by atomic mass is 10.3. The van der Waals surface area contributed by atoms with Crippen LogP contribution in [0.3, 0.4) is 0 Å². The zero-order chi connectivity index (χ0) is 12.8. The summed E-state index contributed by atoms with van der Waals surface area (Å²) < 4.78 is 0. The predicted octanol–water partition coefficient (Wildman–Crippen LogP) is 0.472. The molecule has 0 aliphatic carbocycles. The van der Waals surface area contributed by atoms with E-state index in [0.29, 0.717) is 11.7 Å². The summed E-state index contributed by atoms with van der Waals surface area (Å²) in [5.41, 5.74) is 5.66. The van der Waals surface area contributed by atoms with Gasteiger partial charge in [-0.2, -0.15) is 0 Å². The Hall–Kier alpha value is -1.93. The Morgan fingerprint density at radius 1 is 1.39 bits per heavy atom. The Bertz CT molecular complexity index is 514. The van der Waals surface area contributed by atoms with Crippen LogP contribution in [0, 0.1) is 0 Å². The second kappa shape index (κ2) is 6.12. The molecule has 0 fully saturated rings. The van der Waals surface area contributed by atoms with Gasteiger partial charge in [-0.05, 0) is 13.0 Å². The molecule has 2 heterocycles. The number of aromatic nitrogens is 4. The lowest BCUT2D eigenvalue weighted by Gasteiger charge is -1.98. The summed E-state index contributed by atoms with van der Waals surface area (Å²) in [6, 6.07) is 0. The summed E-state index contributed by atoms with van der Waals surface area (Å²) in [4.78, 5) is 19.5. The van der Waals surface area contributed by atoms with E-state index in [0.717, 1.165) is 17.8 Å². The van der Waals surface area contributed by atoms with Crippen molar-refractivity contribution < 1.29 is 4.79 Å². The summed E-state index contributed by atoms with van der Waals surface area (Å²) in [5, 5.41) is 11.8. The molecule has 7 nitrogen and oxygen atoms in total. The maximum absolute atomic E-state index is 11.7. The highest BCUT2D eigenvalue weighted by molar-refractivity contribution is 7.15. The molecule has 0 saturated heterocycles. The van der Waals surface area contributed by atoms with Crippen LogP contribution < -0.4 is 11.1 Å². The molecule has 0 atom stereocenters. The van der Waals surface area contributed by atoms with Crippen LogP contribution in [0.5, 0.6) is 0 Å². The maximum Gasteiger partial charge on any atom is 0.277 e. The first kappa shape index (κ1) is 12.5. The smallest absolute Gasteiger partial charge is 0.277 e. The molecule has 2 aromatic heterocycles. The number of nitrogens with one attached hydrogen (secondary N) is 1. The van der Waals surface area contributed by atoms with Crippen LogP contribution >= 0.6 is 11.3 Å². The number of nitrogens with two attached hydrogens (primary N) is 1. The van der Waals surface area contributed by atoms with Gasteiger partial charge in [-0.15, -0.1) is 10.2 Å². The third kappa shape index (κ3) is 3.28. The van der Waals surface area contributed by atoms with E-state index in [-0.39, 0.29) is 11.6 Å². The number of carbonyl (C=O) groups is 1. The van der Waals surface area contributed by atoms with Gasteiger partial charge in [-0.25, -0.2) is 4.98 Å². The van der Waals surface area contributed by atoms with Crippen molar-refractivity contribution in [1.29, 1.82) is 0 Å². The number of carbonyl (C=O) groups excluding carboxylic acids is 1.